The van der Waals surface area contributed by atoms with Crippen molar-refractivity contribution in [1.82, 2.24) is 14.5 Å². The Hall–Kier alpha value is -2.69. The molecule has 1 aromatic carbocycles. The van der Waals surface area contributed by atoms with E-state index in [4.69, 9.17) is 9.72 Å². The van der Waals surface area contributed by atoms with Crippen molar-refractivity contribution in [2.75, 3.05) is 7.11 Å². The summed E-state index contributed by atoms with van der Waals surface area (Å²) in [5.41, 5.74) is 3.36. The van der Waals surface area contributed by atoms with E-state index in [1.807, 2.05) is 18.2 Å². The van der Waals surface area contributed by atoms with E-state index >= 15 is 0 Å². The summed E-state index contributed by atoms with van der Waals surface area (Å²) < 4.78 is 6.99. The minimum absolute atomic E-state index is 0.347. The summed E-state index contributed by atoms with van der Waals surface area (Å²) in [4.78, 5) is 20.5. The first-order valence-corrected chi connectivity index (χ1v) is 7.73. The Labute approximate surface area is 134 Å². The van der Waals surface area contributed by atoms with Gasteiger partial charge in [0.25, 0.3) is 0 Å². The lowest BCUT2D eigenvalue weighted by atomic mass is 10.2. The molecule has 5 nitrogen and oxygen atoms in total. The Morgan fingerprint density at radius 1 is 1.22 bits per heavy atom. The van der Waals surface area contributed by atoms with Crippen molar-refractivity contribution in [1.29, 1.82) is 0 Å². The molecule has 0 radical (unpaired) electrons. The zero-order chi connectivity index (χ0) is 16.2. The van der Waals surface area contributed by atoms with Crippen LogP contribution < -0.4 is 0 Å². The number of benzene rings is 1. The molecule has 0 saturated heterocycles. The Bertz CT molecular complexity index is 825. The summed E-state index contributed by atoms with van der Waals surface area (Å²) in [5, 5.41) is 0. The number of rotatable bonds is 5. The number of esters is 1. The van der Waals surface area contributed by atoms with E-state index in [0.29, 0.717) is 5.56 Å². The molecule has 0 amide bonds. The Balaban J connectivity index is 2.15. The molecule has 0 aliphatic rings. The van der Waals surface area contributed by atoms with Crippen LogP contribution in [-0.4, -0.2) is 27.6 Å². The number of unbranched alkanes of at least 4 members (excludes halogenated alkanes) is 1. The van der Waals surface area contributed by atoms with Crippen LogP contribution in [-0.2, 0) is 11.3 Å². The molecule has 23 heavy (non-hydrogen) atoms. The Morgan fingerprint density at radius 3 is 2.70 bits per heavy atom. The first-order valence-electron chi connectivity index (χ1n) is 7.73. The van der Waals surface area contributed by atoms with Crippen molar-refractivity contribution in [2.24, 2.45) is 0 Å². The fraction of sp³-hybridized carbons (Fsp3) is 0.278. The number of carbonyl (C=O) groups excluding carboxylic acids is 1. The lowest BCUT2D eigenvalue weighted by Crippen LogP contribution is -2.02. The average molecular weight is 309 g/mol. The van der Waals surface area contributed by atoms with Gasteiger partial charge in [0, 0.05) is 24.5 Å². The van der Waals surface area contributed by atoms with Crippen LogP contribution in [0.2, 0.25) is 0 Å². The van der Waals surface area contributed by atoms with E-state index in [1.54, 1.807) is 24.5 Å². The molecular formula is C18H19N3O2. The van der Waals surface area contributed by atoms with Gasteiger partial charge in [0.15, 0.2) is 0 Å². The maximum atomic E-state index is 11.7. The number of imidazole rings is 1. The standard InChI is InChI=1S/C18H19N3O2/c1-3-4-11-21-16-6-5-14(18(22)23-2)12-15(16)20-17(21)13-7-9-19-10-8-13/h5-10,12H,3-4,11H2,1-2H3. The van der Waals surface area contributed by atoms with Crippen LogP contribution in [0.25, 0.3) is 22.4 Å². The van der Waals surface area contributed by atoms with E-state index in [0.717, 1.165) is 41.8 Å². The number of methoxy groups -OCH3 is 1. The van der Waals surface area contributed by atoms with Crippen molar-refractivity contribution in [3.8, 4) is 11.4 Å². The molecule has 2 heterocycles. The number of hydrogen-bond acceptors (Lipinski definition) is 4. The minimum Gasteiger partial charge on any atom is -0.465 e. The van der Waals surface area contributed by atoms with Gasteiger partial charge in [0.1, 0.15) is 5.82 Å². The van der Waals surface area contributed by atoms with Crippen molar-refractivity contribution < 1.29 is 9.53 Å². The molecule has 0 unspecified atom stereocenters. The molecule has 0 N–H and O–H groups in total. The highest BCUT2D eigenvalue weighted by Crippen LogP contribution is 2.26. The second kappa shape index (κ2) is 6.60. The van der Waals surface area contributed by atoms with E-state index in [1.165, 1.54) is 7.11 Å². The maximum Gasteiger partial charge on any atom is 0.337 e. The van der Waals surface area contributed by atoms with Crippen LogP contribution in [0.15, 0.2) is 42.7 Å². The van der Waals surface area contributed by atoms with Gasteiger partial charge in [-0.3, -0.25) is 4.98 Å². The number of carbonyl (C=O) groups is 1. The number of aryl methyl sites for hydroxylation is 1. The molecule has 0 fully saturated rings. The van der Waals surface area contributed by atoms with E-state index in [2.05, 4.69) is 16.5 Å². The first-order chi connectivity index (χ1) is 11.2. The predicted molar refractivity (Wildman–Crippen MR) is 89.2 cm³/mol. The molecule has 5 heteroatoms. The van der Waals surface area contributed by atoms with Crippen LogP contribution in [0.3, 0.4) is 0 Å². The number of ether oxygens (including phenoxy) is 1. The number of hydrogen-bond donors (Lipinski definition) is 0. The molecule has 118 valence electrons. The molecule has 0 aliphatic heterocycles. The fourth-order valence-electron chi connectivity index (χ4n) is 2.64. The predicted octanol–water partition coefficient (Wildman–Crippen LogP) is 3.69. The molecule has 0 bridgehead atoms. The van der Waals surface area contributed by atoms with Gasteiger partial charge >= 0.3 is 5.97 Å². The van der Waals surface area contributed by atoms with Gasteiger partial charge in [-0.2, -0.15) is 0 Å². The summed E-state index contributed by atoms with van der Waals surface area (Å²) >= 11 is 0. The lowest BCUT2D eigenvalue weighted by molar-refractivity contribution is 0.0601. The zero-order valence-corrected chi connectivity index (χ0v) is 13.3. The summed E-state index contributed by atoms with van der Waals surface area (Å²) in [6, 6.07) is 9.41. The number of nitrogens with zero attached hydrogens (tertiary/aromatic N) is 3. The number of pyridine rings is 1. The monoisotopic (exact) mass is 309 g/mol. The summed E-state index contributed by atoms with van der Waals surface area (Å²) in [6.45, 7) is 3.06. The molecule has 3 rings (SSSR count). The summed E-state index contributed by atoms with van der Waals surface area (Å²) in [7, 11) is 1.38. The molecular weight excluding hydrogens is 290 g/mol. The van der Waals surface area contributed by atoms with E-state index in [9.17, 15) is 4.79 Å². The summed E-state index contributed by atoms with van der Waals surface area (Å²) in [5.74, 6) is 0.554. The molecule has 0 aliphatic carbocycles. The third-order valence-electron chi connectivity index (χ3n) is 3.84. The largest absolute Gasteiger partial charge is 0.465 e. The van der Waals surface area contributed by atoms with Crippen LogP contribution in [0.1, 0.15) is 30.1 Å². The van der Waals surface area contributed by atoms with Crippen molar-refractivity contribution in [3.63, 3.8) is 0 Å². The number of fused-ring (bicyclic) bond motifs is 1. The van der Waals surface area contributed by atoms with Crippen LogP contribution in [0, 0.1) is 0 Å². The maximum absolute atomic E-state index is 11.7. The third-order valence-corrected chi connectivity index (χ3v) is 3.84. The summed E-state index contributed by atoms with van der Waals surface area (Å²) in [6.07, 6.45) is 5.70. The fourth-order valence-corrected chi connectivity index (χ4v) is 2.64. The average Bonchev–Trinajstić information content (AvgIpc) is 2.97. The Kier molecular flexibility index (Phi) is 4.37. The van der Waals surface area contributed by atoms with Gasteiger partial charge in [-0.1, -0.05) is 13.3 Å². The van der Waals surface area contributed by atoms with Gasteiger partial charge in [-0.05, 0) is 36.8 Å². The Morgan fingerprint density at radius 2 is 2.00 bits per heavy atom. The number of aromatic nitrogens is 3. The normalized spacial score (nSPS) is 10.9. The molecule has 0 saturated carbocycles. The highest BCUT2D eigenvalue weighted by atomic mass is 16.5. The van der Waals surface area contributed by atoms with Gasteiger partial charge in [0.05, 0.1) is 23.7 Å². The lowest BCUT2D eigenvalue weighted by Gasteiger charge is -2.08. The van der Waals surface area contributed by atoms with Gasteiger partial charge in [-0.15, -0.1) is 0 Å². The van der Waals surface area contributed by atoms with Gasteiger partial charge in [0.2, 0.25) is 0 Å². The topological polar surface area (TPSA) is 57.0 Å². The van der Waals surface area contributed by atoms with Crippen molar-refractivity contribution >= 4 is 17.0 Å². The molecule has 3 aromatic rings. The second-order valence-electron chi connectivity index (χ2n) is 5.37. The second-order valence-corrected chi connectivity index (χ2v) is 5.37. The molecule has 0 atom stereocenters. The molecule has 0 spiro atoms. The SMILES string of the molecule is CCCCn1c(-c2ccncc2)nc2cc(C(=O)OC)ccc21. The highest BCUT2D eigenvalue weighted by molar-refractivity contribution is 5.94. The van der Waals surface area contributed by atoms with Gasteiger partial charge in [-0.25, -0.2) is 9.78 Å². The van der Waals surface area contributed by atoms with Crippen LogP contribution in [0.5, 0.6) is 0 Å². The van der Waals surface area contributed by atoms with Crippen molar-refractivity contribution in [3.05, 3.63) is 48.3 Å². The van der Waals surface area contributed by atoms with E-state index < -0.39 is 0 Å². The van der Waals surface area contributed by atoms with Gasteiger partial charge < -0.3 is 9.30 Å². The molecule has 2 aromatic heterocycles. The zero-order valence-electron chi connectivity index (χ0n) is 13.3. The highest BCUT2D eigenvalue weighted by Gasteiger charge is 2.14. The quantitative estimate of drug-likeness (QED) is 0.675. The van der Waals surface area contributed by atoms with Crippen LogP contribution in [0.4, 0.5) is 0 Å². The van der Waals surface area contributed by atoms with Crippen molar-refractivity contribution in [2.45, 2.75) is 26.3 Å². The minimum atomic E-state index is -0.347. The third kappa shape index (κ3) is 2.95. The van der Waals surface area contributed by atoms with E-state index in [-0.39, 0.29) is 5.97 Å². The van der Waals surface area contributed by atoms with Crippen LogP contribution >= 0.6 is 0 Å². The first kappa shape index (κ1) is 15.2. The smallest absolute Gasteiger partial charge is 0.337 e.